The molecule has 0 aliphatic carbocycles. The van der Waals surface area contributed by atoms with Gasteiger partial charge >= 0.3 is 0 Å². The van der Waals surface area contributed by atoms with Gasteiger partial charge in [0.25, 0.3) is 0 Å². The van der Waals surface area contributed by atoms with Gasteiger partial charge in [-0.3, -0.25) is 0 Å². The quantitative estimate of drug-likeness (QED) is 0.513. The lowest BCUT2D eigenvalue weighted by Gasteiger charge is -2.22. The van der Waals surface area contributed by atoms with Gasteiger partial charge in [-0.15, -0.1) is 0 Å². The topological polar surface area (TPSA) is 24.1 Å². The molecule has 0 bridgehead atoms. The van der Waals surface area contributed by atoms with Crippen molar-refractivity contribution in [3.05, 3.63) is 23.5 Å². The molecule has 0 radical (unpaired) electrons. The van der Waals surface area contributed by atoms with Crippen LogP contribution in [-0.2, 0) is 0 Å². The standard InChI is InChI=1S/C8H12N2/c1-3-9-6-8-2-4-10-5-7(1)8/h5-6,9-10H,1-4H2. The molecule has 2 rings (SSSR count). The van der Waals surface area contributed by atoms with Gasteiger partial charge < -0.3 is 10.6 Å². The van der Waals surface area contributed by atoms with E-state index in [1.165, 1.54) is 24.0 Å². The van der Waals surface area contributed by atoms with Crippen molar-refractivity contribution in [2.75, 3.05) is 13.1 Å². The fourth-order valence-corrected chi connectivity index (χ4v) is 1.46. The second-order valence-corrected chi connectivity index (χ2v) is 2.75. The van der Waals surface area contributed by atoms with Gasteiger partial charge in [-0.1, -0.05) is 0 Å². The Morgan fingerprint density at radius 2 is 1.40 bits per heavy atom. The van der Waals surface area contributed by atoms with Crippen LogP contribution < -0.4 is 10.6 Å². The molecule has 2 aliphatic rings. The van der Waals surface area contributed by atoms with Crippen molar-refractivity contribution in [1.82, 2.24) is 10.6 Å². The Balaban J connectivity index is 2.25. The highest BCUT2D eigenvalue weighted by Crippen LogP contribution is 2.20. The molecule has 2 N–H and O–H groups in total. The smallest absolute Gasteiger partial charge is 0.0182 e. The van der Waals surface area contributed by atoms with Crippen LogP contribution in [0.25, 0.3) is 0 Å². The lowest BCUT2D eigenvalue weighted by molar-refractivity contribution is 0.704. The molecule has 54 valence electrons. The van der Waals surface area contributed by atoms with E-state index in [4.69, 9.17) is 0 Å². The molecular weight excluding hydrogens is 124 g/mol. The first-order valence-corrected chi connectivity index (χ1v) is 3.82. The van der Waals surface area contributed by atoms with Crippen LogP contribution in [0, 0.1) is 0 Å². The van der Waals surface area contributed by atoms with Crippen molar-refractivity contribution >= 4 is 0 Å². The van der Waals surface area contributed by atoms with E-state index in [-0.39, 0.29) is 0 Å². The Morgan fingerprint density at radius 1 is 0.900 bits per heavy atom. The summed E-state index contributed by atoms with van der Waals surface area (Å²) in [6, 6.07) is 0. The minimum absolute atomic E-state index is 1.09. The molecule has 0 aromatic carbocycles. The molecule has 10 heavy (non-hydrogen) atoms. The summed E-state index contributed by atoms with van der Waals surface area (Å²) in [5, 5.41) is 6.51. The molecule has 2 aliphatic heterocycles. The molecule has 0 aromatic heterocycles. The fraction of sp³-hybridized carbons (Fsp3) is 0.500. The largest absolute Gasteiger partial charge is 0.390 e. The van der Waals surface area contributed by atoms with E-state index in [0.29, 0.717) is 0 Å². The highest BCUT2D eigenvalue weighted by Gasteiger charge is 2.11. The van der Waals surface area contributed by atoms with E-state index >= 15 is 0 Å². The summed E-state index contributed by atoms with van der Waals surface area (Å²) in [6.45, 7) is 2.19. The second-order valence-electron chi connectivity index (χ2n) is 2.75. The summed E-state index contributed by atoms with van der Waals surface area (Å²) in [4.78, 5) is 0. The third-order valence-electron chi connectivity index (χ3n) is 2.04. The first-order chi connectivity index (χ1) is 4.97. The van der Waals surface area contributed by atoms with Crippen LogP contribution in [0.5, 0.6) is 0 Å². The van der Waals surface area contributed by atoms with Crippen LogP contribution in [-0.4, -0.2) is 13.1 Å². The third-order valence-corrected chi connectivity index (χ3v) is 2.04. The highest BCUT2D eigenvalue weighted by molar-refractivity contribution is 5.34. The average molecular weight is 136 g/mol. The molecule has 2 nitrogen and oxygen atoms in total. The van der Waals surface area contributed by atoms with Crippen LogP contribution in [0.4, 0.5) is 0 Å². The first kappa shape index (κ1) is 5.83. The first-order valence-electron chi connectivity index (χ1n) is 3.82. The van der Waals surface area contributed by atoms with Gasteiger partial charge in [0.05, 0.1) is 0 Å². The maximum absolute atomic E-state index is 3.25. The van der Waals surface area contributed by atoms with E-state index in [2.05, 4.69) is 23.0 Å². The average Bonchev–Trinajstić information content (AvgIpc) is 2.05. The molecule has 0 saturated heterocycles. The number of hydrogen-bond donors (Lipinski definition) is 2. The lowest BCUT2D eigenvalue weighted by Crippen LogP contribution is -2.23. The third kappa shape index (κ3) is 0.897. The molecule has 2 heterocycles. The van der Waals surface area contributed by atoms with Gasteiger partial charge in [0.2, 0.25) is 0 Å². The minimum Gasteiger partial charge on any atom is -0.390 e. The predicted octanol–water partition coefficient (Wildman–Crippen LogP) is 0.741. The molecule has 0 spiro atoms. The Bertz CT molecular complexity index is 169. The van der Waals surface area contributed by atoms with Gasteiger partial charge in [-0.25, -0.2) is 0 Å². The second kappa shape index (κ2) is 2.37. The fourth-order valence-electron chi connectivity index (χ4n) is 1.46. The summed E-state index contributed by atoms with van der Waals surface area (Å²) in [5.74, 6) is 0. The summed E-state index contributed by atoms with van der Waals surface area (Å²) in [6.07, 6.45) is 6.66. The van der Waals surface area contributed by atoms with Crippen LogP contribution in [0.3, 0.4) is 0 Å². The summed E-state index contributed by atoms with van der Waals surface area (Å²) in [7, 11) is 0. The van der Waals surface area contributed by atoms with Gasteiger partial charge in [0, 0.05) is 25.5 Å². The zero-order valence-corrected chi connectivity index (χ0v) is 5.98. The maximum atomic E-state index is 3.25. The Hall–Kier alpha value is -0.920. The normalized spacial score (nSPS) is 23.2. The Labute approximate surface area is 61.0 Å². The van der Waals surface area contributed by atoms with Gasteiger partial charge in [-0.05, 0) is 24.0 Å². The van der Waals surface area contributed by atoms with Gasteiger partial charge in [0.1, 0.15) is 0 Å². The summed E-state index contributed by atoms with van der Waals surface area (Å²) >= 11 is 0. The lowest BCUT2D eigenvalue weighted by atomic mass is 9.97. The van der Waals surface area contributed by atoms with Crippen molar-refractivity contribution < 1.29 is 0 Å². The number of hydrogen-bond acceptors (Lipinski definition) is 2. The molecular formula is C8H12N2. The molecule has 0 aromatic rings. The number of nitrogens with one attached hydrogen (secondary N) is 2. The molecule has 0 unspecified atom stereocenters. The molecule has 0 saturated carbocycles. The minimum atomic E-state index is 1.09. The van der Waals surface area contributed by atoms with Gasteiger partial charge in [-0.2, -0.15) is 0 Å². The van der Waals surface area contributed by atoms with Crippen molar-refractivity contribution in [3.63, 3.8) is 0 Å². The molecule has 0 atom stereocenters. The van der Waals surface area contributed by atoms with Crippen molar-refractivity contribution in [3.8, 4) is 0 Å². The van der Waals surface area contributed by atoms with E-state index in [1.54, 1.807) is 0 Å². The Kier molecular flexibility index (Phi) is 1.38. The monoisotopic (exact) mass is 136 g/mol. The molecule has 0 amide bonds. The zero-order chi connectivity index (χ0) is 6.81. The van der Waals surface area contributed by atoms with Crippen LogP contribution in [0.2, 0.25) is 0 Å². The van der Waals surface area contributed by atoms with Crippen LogP contribution in [0.1, 0.15) is 12.8 Å². The van der Waals surface area contributed by atoms with E-state index in [9.17, 15) is 0 Å². The van der Waals surface area contributed by atoms with E-state index in [1.807, 2.05) is 0 Å². The predicted molar refractivity (Wildman–Crippen MR) is 41.4 cm³/mol. The number of rotatable bonds is 0. The number of fused-ring (bicyclic) bond motifs is 1. The van der Waals surface area contributed by atoms with E-state index < -0.39 is 0 Å². The van der Waals surface area contributed by atoms with Crippen LogP contribution >= 0.6 is 0 Å². The zero-order valence-electron chi connectivity index (χ0n) is 5.98. The van der Waals surface area contributed by atoms with Crippen LogP contribution in [0.15, 0.2) is 23.5 Å². The SMILES string of the molecule is C1=C2CCNC=C2CCN1. The molecule has 2 heteroatoms. The van der Waals surface area contributed by atoms with Crippen molar-refractivity contribution in [2.24, 2.45) is 0 Å². The Morgan fingerprint density at radius 3 is 1.90 bits per heavy atom. The van der Waals surface area contributed by atoms with E-state index in [0.717, 1.165) is 13.1 Å². The summed E-state index contributed by atoms with van der Waals surface area (Å²) in [5.41, 5.74) is 2.98. The van der Waals surface area contributed by atoms with Crippen molar-refractivity contribution in [2.45, 2.75) is 12.8 Å². The summed E-state index contributed by atoms with van der Waals surface area (Å²) < 4.78 is 0. The van der Waals surface area contributed by atoms with Gasteiger partial charge in [0.15, 0.2) is 0 Å². The highest BCUT2D eigenvalue weighted by atomic mass is 14.9. The molecule has 0 fully saturated rings. The van der Waals surface area contributed by atoms with Crippen molar-refractivity contribution in [1.29, 1.82) is 0 Å². The maximum Gasteiger partial charge on any atom is 0.0182 e.